The molecule has 11 nitrogen and oxygen atoms in total. The van der Waals surface area contributed by atoms with Crippen molar-refractivity contribution in [2.45, 2.75) is 25.8 Å². The second-order valence-corrected chi connectivity index (χ2v) is 13.9. The topological polar surface area (TPSA) is 130 Å². The maximum absolute atomic E-state index is 14.7. The molecule has 7 rings (SSSR count). The number of nitrogens with one attached hydrogen (secondary N) is 1. The Morgan fingerprint density at radius 2 is 1.87 bits per heavy atom. The monoisotopic (exact) mass is 628 g/mol. The first kappa shape index (κ1) is 28.7. The fourth-order valence-corrected chi connectivity index (χ4v) is 6.49. The molecule has 45 heavy (non-hydrogen) atoms. The summed E-state index contributed by atoms with van der Waals surface area (Å²) in [6.07, 6.45) is 3.48. The maximum atomic E-state index is 14.7. The van der Waals surface area contributed by atoms with Crippen LogP contribution in [0.5, 0.6) is 0 Å². The van der Waals surface area contributed by atoms with Crippen LogP contribution in [0.15, 0.2) is 59.3 Å². The van der Waals surface area contributed by atoms with Crippen LogP contribution in [0, 0.1) is 5.82 Å². The van der Waals surface area contributed by atoms with E-state index < -0.39 is 27.4 Å². The first-order valence-corrected chi connectivity index (χ1v) is 16.1. The van der Waals surface area contributed by atoms with Crippen molar-refractivity contribution in [3.8, 4) is 11.3 Å². The van der Waals surface area contributed by atoms with Gasteiger partial charge < -0.3 is 14.6 Å². The quantitative estimate of drug-likeness (QED) is 0.285. The lowest BCUT2D eigenvalue weighted by atomic mass is 9.88. The van der Waals surface area contributed by atoms with Crippen molar-refractivity contribution >= 4 is 65.9 Å². The Labute approximate surface area is 257 Å². The number of hydrogen-bond acceptors (Lipinski definition) is 7. The molecule has 13 heteroatoms. The smallest absolute Gasteiger partial charge is 0.290 e. The fraction of sp³-hybridized carbons (Fsp3) is 0.250. The van der Waals surface area contributed by atoms with Crippen LogP contribution in [0.4, 0.5) is 10.1 Å². The number of rotatable bonds is 5. The van der Waals surface area contributed by atoms with Crippen LogP contribution < -0.4 is 9.62 Å². The number of nitrogens with zero attached hydrogens (tertiary/aromatic N) is 5. The highest BCUT2D eigenvalue weighted by Crippen LogP contribution is 2.40. The minimum absolute atomic E-state index is 0.0492. The predicted octanol–water partition coefficient (Wildman–Crippen LogP) is 4.97. The molecule has 6 aromatic rings. The molecule has 230 valence electrons. The second-order valence-electron chi connectivity index (χ2n) is 11.9. The number of likely N-dealkylation sites (tertiary alicyclic amines) is 1. The van der Waals surface area contributed by atoms with Gasteiger partial charge in [0.05, 0.1) is 39.8 Å². The lowest BCUT2D eigenvalue weighted by molar-refractivity contribution is 0.0129. The highest BCUT2D eigenvalue weighted by Gasteiger charge is 2.42. The van der Waals surface area contributed by atoms with Crippen molar-refractivity contribution in [3.05, 3.63) is 72.0 Å². The molecule has 0 unspecified atom stereocenters. The predicted molar refractivity (Wildman–Crippen MR) is 170 cm³/mol. The van der Waals surface area contributed by atoms with Crippen LogP contribution in [-0.4, -0.2) is 71.9 Å². The average molecular weight is 629 g/mol. The van der Waals surface area contributed by atoms with E-state index in [0.717, 1.165) is 17.0 Å². The molecule has 0 spiro atoms. The van der Waals surface area contributed by atoms with E-state index in [9.17, 15) is 22.4 Å². The summed E-state index contributed by atoms with van der Waals surface area (Å²) in [7, 11) is -0.902. The van der Waals surface area contributed by atoms with Crippen LogP contribution in [-0.2, 0) is 10.0 Å². The van der Waals surface area contributed by atoms with E-state index in [1.807, 2.05) is 13.8 Å². The summed E-state index contributed by atoms with van der Waals surface area (Å²) >= 11 is 0. The highest BCUT2D eigenvalue weighted by atomic mass is 32.2. The van der Waals surface area contributed by atoms with Gasteiger partial charge in [-0.25, -0.2) is 22.8 Å². The molecule has 5 heterocycles. The Bertz CT molecular complexity index is 2360. The normalized spacial score (nSPS) is 14.8. The van der Waals surface area contributed by atoms with Crippen molar-refractivity contribution in [3.63, 3.8) is 0 Å². The van der Waals surface area contributed by atoms with Gasteiger partial charge in [-0.3, -0.25) is 18.3 Å². The molecule has 1 aliphatic heterocycles. The largest absolute Gasteiger partial charge is 0.450 e. The molecule has 0 atom stereocenters. The Balaban J connectivity index is 1.51. The van der Waals surface area contributed by atoms with Crippen molar-refractivity contribution in [1.29, 1.82) is 0 Å². The zero-order chi connectivity index (χ0) is 32.0. The molecule has 0 bridgehead atoms. The number of amides is 2. The lowest BCUT2D eigenvalue weighted by Crippen LogP contribution is -2.58. The molecule has 2 aromatic carbocycles. The Morgan fingerprint density at radius 1 is 1.09 bits per heavy atom. The summed E-state index contributed by atoms with van der Waals surface area (Å²) in [6, 6.07) is 13.1. The number of carbonyl (C=O) groups is 2. The van der Waals surface area contributed by atoms with E-state index in [0.29, 0.717) is 50.6 Å². The van der Waals surface area contributed by atoms with Gasteiger partial charge in [0.25, 0.3) is 11.8 Å². The van der Waals surface area contributed by atoms with Crippen LogP contribution in [0.3, 0.4) is 0 Å². The lowest BCUT2D eigenvalue weighted by Gasteiger charge is -2.48. The van der Waals surface area contributed by atoms with Gasteiger partial charge in [-0.2, -0.15) is 0 Å². The first-order valence-electron chi connectivity index (χ1n) is 14.2. The number of carbonyl (C=O) groups excluding carboxylic acids is 2. The van der Waals surface area contributed by atoms with Crippen LogP contribution in [0.25, 0.3) is 49.7 Å². The standard InChI is InChI=1S/C32H29FN6O5S/c1-32(2)11-12-39(32)31(41)29-27(30(40)34-3)19-13-18(24(15-26(19)44-29)37(4)45(5,42)43)21-9-10-22-28(36-21)25-14-17-20(33)7-6-8-23(17)38(25)16-35-22/h6-10,13-16H,11-12H2,1-5H3,(H,34,40). The molecule has 1 fully saturated rings. The molecule has 0 aliphatic carbocycles. The number of aromatic nitrogens is 3. The fourth-order valence-electron chi connectivity index (χ4n) is 5.98. The van der Waals surface area contributed by atoms with Crippen molar-refractivity contribution < 1.29 is 26.8 Å². The average Bonchev–Trinajstić information content (AvgIpc) is 3.58. The third kappa shape index (κ3) is 4.32. The highest BCUT2D eigenvalue weighted by molar-refractivity contribution is 7.92. The Hall–Kier alpha value is -5.04. The number of hydrogen-bond donors (Lipinski definition) is 1. The van der Waals surface area contributed by atoms with Gasteiger partial charge >= 0.3 is 0 Å². The number of fused-ring (bicyclic) bond motifs is 6. The van der Waals surface area contributed by atoms with E-state index >= 15 is 0 Å². The van der Waals surface area contributed by atoms with E-state index in [2.05, 4.69) is 10.3 Å². The number of benzene rings is 2. The van der Waals surface area contributed by atoms with Gasteiger partial charge in [-0.15, -0.1) is 0 Å². The number of sulfonamides is 1. The molecule has 2 amide bonds. The van der Waals surface area contributed by atoms with Gasteiger partial charge in [-0.05, 0) is 56.7 Å². The number of furan rings is 1. The zero-order valence-corrected chi connectivity index (χ0v) is 26.0. The summed E-state index contributed by atoms with van der Waals surface area (Å²) in [5.74, 6) is -1.45. The van der Waals surface area contributed by atoms with Crippen molar-refractivity contribution in [2.75, 3.05) is 31.2 Å². The van der Waals surface area contributed by atoms with E-state index in [-0.39, 0.29) is 28.4 Å². The van der Waals surface area contributed by atoms with Gasteiger partial charge in [0.15, 0.2) is 0 Å². The van der Waals surface area contributed by atoms with Gasteiger partial charge in [0.1, 0.15) is 23.2 Å². The number of anilines is 1. The van der Waals surface area contributed by atoms with Gasteiger partial charge in [-0.1, -0.05) is 6.07 Å². The van der Waals surface area contributed by atoms with Crippen LogP contribution in [0.1, 0.15) is 41.2 Å². The first-order chi connectivity index (χ1) is 21.3. The van der Waals surface area contributed by atoms with Crippen molar-refractivity contribution in [1.82, 2.24) is 24.6 Å². The summed E-state index contributed by atoms with van der Waals surface area (Å²) in [6.45, 7) is 4.40. The maximum Gasteiger partial charge on any atom is 0.290 e. The molecular formula is C32H29FN6O5S. The Morgan fingerprint density at radius 3 is 2.53 bits per heavy atom. The Kier molecular flexibility index (Phi) is 6.21. The van der Waals surface area contributed by atoms with Crippen molar-refractivity contribution in [2.24, 2.45) is 0 Å². The minimum atomic E-state index is -3.77. The van der Waals surface area contributed by atoms with Crippen LogP contribution >= 0.6 is 0 Å². The molecule has 4 aromatic heterocycles. The summed E-state index contributed by atoms with van der Waals surface area (Å²) < 4.78 is 49.2. The van der Waals surface area contributed by atoms with Gasteiger partial charge in [0, 0.05) is 48.6 Å². The van der Waals surface area contributed by atoms with E-state index in [4.69, 9.17) is 9.40 Å². The minimum Gasteiger partial charge on any atom is -0.450 e. The third-order valence-corrected chi connectivity index (χ3v) is 9.94. The zero-order valence-electron chi connectivity index (χ0n) is 25.2. The van der Waals surface area contributed by atoms with E-state index in [1.54, 1.807) is 52.0 Å². The molecule has 1 saturated heterocycles. The molecule has 0 radical (unpaired) electrons. The summed E-state index contributed by atoms with van der Waals surface area (Å²) in [5.41, 5.74) is 3.04. The second kappa shape index (κ2) is 9.73. The molecule has 0 saturated carbocycles. The number of pyridine rings is 1. The SMILES string of the molecule is CNC(=O)c1c(C(=O)N2CCC2(C)C)oc2cc(N(C)S(C)(=O)=O)c(-c3ccc4ncn5c6cccc(F)c6cc5c4n3)cc12. The third-order valence-electron chi connectivity index (χ3n) is 8.75. The van der Waals surface area contributed by atoms with Crippen LogP contribution in [0.2, 0.25) is 0 Å². The number of halogens is 1. The summed E-state index contributed by atoms with van der Waals surface area (Å²) in [4.78, 5) is 38.0. The summed E-state index contributed by atoms with van der Waals surface area (Å²) in [5, 5.41) is 3.34. The molecule has 1 N–H and O–H groups in total. The van der Waals surface area contributed by atoms with Gasteiger partial charge in [0.2, 0.25) is 15.8 Å². The molecular weight excluding hydrogens is 599 g/mol. The molecule has 1 aliphatic rings. The van der Waals surface area contributed by atoms with E-state index in [1.165, 1.54) is 26.2 Å².